The van der Waals surface area contributed by atoms with E-state index in [0.29, 0.717) is 0 Å². The number of nitrogens with one attached hydrogen (secondary N) is 1. The van der Waals surface area contributed by atoms with Gasteiger partial charge < -0.3 is 10.2 Å². The van der Waals surface area contributed by atoms with Crippen molar-refractivity contribution in [3.05, 3.63) is 131 Å². The maximum atomic E-state index is 14.3. The van der Waals surface area contributed by atoms with Gasteiger partial charge in [-0.3, -0.25) is 13.9 Å². The van der Waals surface area contributed by atoms with Gasteiger partial charge in [0, 0.05) is 23.5 Å². The molecule has 7 nitrogen and oxygen atoms in total. The van der Waals surface area contributed by atoms with Crippen LogP contribution in [-0.2, 0) is 32.6 Å². The lowest BCUT2D eigenvalue weighted by Crippen LogP contribution is -2.54. The molecule has 2 amide bonds. The van der Waals surface area contributed by atoms with E-state index in [4.69, 9.17) is 0 Å². The molecule has 0 radical (unpaired) electrons. The van der Waals surface area contributed by atoms with Crippen LogP contribution in [0.3, 0.4) is 0 Å². The average Bonchev–Trinajstić information content (AvgIpc) is 2.98. The number of hydrogen-bond acceptors (Lipinski definition) is 4. The lowest BCUT2D eigenvalue weighted by molar-refractivity contribution is -0.140. The number of para-hydroxylation sites is 1. The number of carbonyl (C=O) groups is 2. The number of benzene rings is 4. The summed E-state index contributed by atoms with van der Waals surface area (Å²) in [5.41, 5.74) is 1.86. The van der Waals surface area contributed by atoms with Crippen molar-refractivity contribution in [1.29, 1.82) is 0 Å². The summed E-state index contributed by atoms with van der Waals surface area (Å²) in [6.45, 7) is 3.15. The van der Waals surface area contributed by atoms with Crippen LogP contribution >= 0.6 is 15.9 Å². The van der Waals surface area contributed by atoms with Crippen LogP contribution < -0.4 is 9.62 Å². The molecule has 0 heterocycles. The summed E-state index contributed by atoms with van der Waals surface area (Å²) in [7, 11) is -4.29. The number of anilines is 1. The minimum atomic E-state index is -4.29. The number of nitrogens with zero attached hydrogens (tertiary/aromatic N) is 2. The van der Waals surface area contributed by atoms with Crippen molar-refractivity contribution in [2.75, 3.05) is 10.8 Å². The molecule has 0 aliphatic rings. The van der Waals surface area contributed by atoms with E-state index in [1.54, 1.807) is 30.3 Å². The standard InChI is InChI=1S/C33H33BrFN3O4S/c1-24(2)36-33(40)31(21-25-10-5-3-6-11-25)37(22-26-12-9-13-27(34)20-26)32(39)23-38(29-14-7-4-8-15-29)43(41,42)30-18-16-28(35)17-19-30/h3-20,24,31H,21-23H2,1-2H3,(H,36,40)/t31-/m0/s1. The Morgan fingerprint density at radius 3 is 2.05 bits per heavy atom. The molecule has 1 atom stereocenters. The van der Waals surface area contributed by atoms with Crippen LogP contribution in [0.15, 0.2) is 119 Å². The number of amides is 2. The van der Waals surface area contributed by atoms with Gasteiger partial charge in [0.15, 0.2) is 0 Å². The molecule has 0 aliphatic carbocycles. The molecule has 1 N–H and O–H groups in total. The zero-order valence-corrected chi connectivity index (χ0v) is 26.3. The Balaban J connectivity index is 1.79. The molecule has 4 aromatic rings. The molecule has 224 valence electrons. The summed E-state index contributed by atoms with van der Waals surface area (Å²) < 4.78 is 43.3. The molecule has 0 spiro atoms. The number of hydrogen-bond donors (Lipinski definition) is 1. The van der Waals surface area contributed by atoms with Crippen molar-refractivity contribution in [1.82, 2.24) is 10.2 Å². The van der Waals surface area contributed by atoms with Crippen LogP contribution in [-0.4, -0.2) is 43.8 Å². The van der Waals surface area contributed by atoms with Crippen LogP contribution in [0.4, 0.5) is 10.1 Å². The van der Waals surface area contributed by atoms with Crippen molar-refractivity contribution in [2.45, 2.75) is 43.8 Å². The van der Waals surface area contributed by atoms with E-state index in [1.807, 2.05) is 68.4 Å². The molecule has 43 heavy (non-hydrogen) atoms. The highest BCUT2D eigenvalue weighted by Crippen LogP contribution is 2.25. The SMILES string of the molecule is CC(C)NC(=O)[C@H](Cc1ccccc1)N(Cc1cccc(Br)c1)C(=O)CN(c1ccccc1)S(=O)(=O)c1ccc(F)cc1. The van der Waals surface area contributed by atoms with E-state index in [-0.39, 0.29) is 35.5 Å². The van der Waals surface area contributed by atoms with E-state index in [1.165, 1.54) is 17.0 Å². The predicted molar refractivity (Wildman–Crippen MR) is 169 cm³/mol. The Hall–Kier alpha value is -4.02. The summed E-state index contributed by atoms with van der Waals surface area (Å²) in [6, 6.07) is 28.3. The lowest BCUT2D eigenvalue weighted by atomic mass is 10.0. The van der Waals surface area contributed by atoms with Crippen LogP contribution in [0.2, 0.25) is 0 Å². The van der Waals surface area contributed by atoms with Gasteiger partial charge in [-0.05, 0) is 73.5 Å². The molecule has 10 heteroatoms. The van der Waals surface area contributed by atoms with E-state index >= 15 is 0 Å². The summed E-state index contributed by atoms with van der Waals surface area (Å²) in [5.74, 6) is -1.51. The second kappa shape index (κ2) is 14.4. The van der Waals surface area contributed by atoms with Gasteiger partial charge in [0.1, 0.15) is 18.4 Å². The lowest BCUT2D eigenvalue weighted by Gasteiger charge is -2.34. The Morgan fingerprint density at radius 1 is 0.837 bits per heavy atom. The molecule has 0 saturated heterocycles. The third kappa shape index (κ3) is 8.52. The van der Waals surface area contributed by atoms with Gasteiger partial charge in [0.25, 0.3) is 10.0 Å². The minimum absolute atomic E-state index is 0.0561. The number of carbonyl (C=O) groups excluding carboxylic acids is 2. The normalized spacial score (nSPS) is 12.0. The minimum Gasteiger partial charge on any atom is -0.352 e. The van der Waals surface area contributed by atoms with Crippen molar-refractivity contribution in [3.8, 4) is 0 Å². The van der Waals surface area contributed by atoms with Crippen LogP contribution in [0, 0.1) is 5.82 Å². The summed E-state index contributed by atoms with van der Waals surface area (Å²) in [5, 5.41) is 2.93. The molecular formula is C33H33BrFN3O4S. The molecule has 4 aromatic carbocycles. The molecule has 0 aromatic heterocycles. The quantitative estimate of drug-likeness (QED) is 0.203. The second-order valence-electron chi connectivity index (χ2n) is 10.3. The number of sulfonamides is 1. The van der Waals surface area contributed by atoms with Gasteiger partial charge in [0.05, 0.1) is 10.6 Å². The average molecular weight is 667 g/mol. The van der Waals surface area contributed by atoms with Gasteiger partial charge in [-0.2, -0.15) is 0 Å². The first-order valence-electron chi connectivity index (χ1n) is 13.8. The van der Waals surface area contributed by atoms with Crippen molar-refractivity contribution >= 4 is 43.5 Å². The van der Waals surface area contributed by atoms with E-state index < -0.39 is 34.3 Å². The first kappa shape index (κ1) is 31.9. The topological polar surface area (TPSA) is 86.8 Å². The Kier molecular flexibility index (Phi) is 10.7. The molecule has 0 aliphatic heterocycles. The molecule has 0 fully saturated rings. The Labute approximate surface area is 260 Å². The smallest absolute Gasteiger partial charge is 0.264 e. The highest BCUT2D eigenvalue weighted by atomic mass is 79.9. The highest BCUT2D eigenvalue weighted by molar-refractivity contribution is 9.10. The zero-order valence-electron chi connectivity index (χ0n) is 23.9. The van der Waals surface area contributed by atoms with Gasteiger partial charge in [-0.15, -0.1) is 0 Å². The van der Waals surface area contributed by atoms with E-state index in [9.17, 15) is 22.4 Å². The molecule has 4 rings (SSSR count). The van der Waals surface area contributed by atoms with Gasteiger partial charge >= 0.3 is 0 Å². The fourth-order valence-electron chi connectivity index (χ4n) is 4.62. The fourth-order valence-corrected chi connectivity index (χ4v) is 6.48. The van der Waals surface area contributed by atoms with E-state index in [2.05, 4.69) is 21.2 Å². The third-order valence-electron chi connectivity index (χ3n) is 6.67. The van der Waals surface area contributed by atoms with Crippen LogP contribution in [0.1, 0.15) is 25.0 Å². The fraction of sp³-hybridized carbons (Fsp3) is 0.212. The second-order valence-corrected chi connectivity index (χ2v) is 13.1. The summed E-state index contributed by atoms with van der Waals surface area (Å²) in [6.07, 6.45) is 0.217. The Bertz CT molecular complexity index is 1640. The van der Waals surface area contributed by atoms with Crippen molar-refractivity contribution in [3.63, 3.8) is 0 Å². The van der Waals surface area contributed by atoms with Crippen molar-refractivity contribution in [2.24, 2.45) is 0 Å². The first-order chi connectivity index (χ1) is 20.5. The summed E-state index contributed by atoms with van der Waals surface area (Å²) >= 11 is 3.47. The highest BCUT2D eigenvalue weighted by Gasteiger charge is 2.34. The monoisotopic (exact) mass is 665 g/mol. The maximum Gasteiger partial charge on any atom is 0.264 e. The molecule has 0 bridgehead atoms. The van der Waals surface area contributed by atoms with Gasteiger partial charge in [-0.1, -0.05) is 76.6 Å². The summed E-state index contributed by atoms with van der Waals surface area (Å²) in [4.78, 5) is 29.3. The predicted octanol–water partition coefficient (Wildman–Crippen LogP) is 5.95. The third-order valence-corrected chi connectivity index (χ3v) is 8.95. The first-order valence-corrected chi connectivity index (χ1v) is 16.0. The Morgan fingerprint density at radius 2 is 1.44 bits per heavy atom. The largest absolute Gasteiger partial charge is 0.352 e. The van der Waals surface area contributed by atoms with Gasteiger partial charge in [-0.25, -0.2) is 12.8 Å². The molecular weight excluding hydrogens is 633 g/mol. The van der Waals surface area contributed by atoms with Crippen LogP contribution in [0.5, 0.6) is 0 Å². The number of rotatable bonds is 12. The van der Waals surface area contributed by atoms with Crippen molar-refractivity contribution < 1.29 is 22.4 Å². The van der Waals surface area contributed by atoms with Crippen LogP contribution in [0.25, 0.3) is 0 Å². The van der Waals surface area contributed by atoms with Gasteiger partial charge in [0.2, 0.25) is 11.8 Å². The van der Waals surface area contributed by atoms with E-state index in [0.717, 1.165) is 32.0 Å². The zero-order chi connectivity index (χ0) is 31.0. The maximum absolute atomic E-state index is 14.3. The number of halogens is 2. The molecule has 0 saturated carbocycles. The molecule has 0 unspecified atom stereocenters.